The van der Waals surface area contributed by atoms with Gasteiger partial charge in [0.25, 0.3) is 5.91 Å². The molecule has 0 heterocycles. The average molecular weight is 437 g/mol. The lowest BCUT2D eigenvalue weighted by Crippen LogP contribution is -2.37. The van der Waals surface area contributed by atoms with Crippen LogP contribution in [0.3, 0.4) is 0 Å². The average Bonchev–Trinajstić information content (AvgIpc) is 2.62. The summed E-state index contributed by atoms with van der Waals surface area (Å²) >= 11 is 8.44. The number of carbonyl (C=O) groups excluding carboxylic acids is 1. The summed E-state index contributed by atoms with van der Waals surface area (Å²) in [5.41, 5.74) is 1.49. The number of phenolic OH excluding ortho intramolecular Hbond substituents is 1. The lowest BCUT2D eigenvalue weighted by atomic mass is 9.98. The molecule has 2 aromatic carbocycles. The van der Waals surface area contributed by atoms with E-state index < -0.39 is 0 Å². The van der Waals surface area contributed by atoms with Crippen LogP contribution in [0.1, 0.15) is 31.7 Å². The molecule has 2 aromatic rings. The minimum atomic E-state index is -0.388. The van der Waals surface area contributed by atoms with E-state index >= 15 is 0 Å². The summed E-state index contributed by atoms with van der Waals surface area (Å²) in [6, 6.07) is 12.5. The van der Waals surface area contributed by atoms with E-state index in [9.17, 15) is 9.90 Å². The number of rotatable bonds is 6. The SMILES string of the molecule is CC[C@H](C)c1ccc(NC(=S)NC(=O)COc2ccc(Br)cc2)c(O)c1. The molecular weight excluding hydrogens is 416 g/mol. The molecule has 0 saturated heterocycles. The van der Waals surface area contributed by atoms with E-state index in [1.807, 2.05) is 18.2 Å². The Morgan fingerprint density at radius 2 is 1.96 bits per heavy atom. The lowest BCUT2D eigenvalue weighted by Gasteiger charge is -2.14. The fourth-order valence-corrected chi connectivity index (χ4v) is 2.68. The van der Waals surface area contributed by atoms with Crippen molar-refractivity contribution < 1.29 is 14.6 Å². The molecule has 7 heteroatoms. The molecule has 0 radical (unpaired) electrons. The molecule has 0 aromatic heterocycles. The Balaban J connectivity index is 1.85. The molecule has 0 aliphatic carbocycles. The Labute approximate surface area is 166 Å². The van der Waals surface area contributed by atoms with Gasteiger partial charge in [0, 0.05) is 4.47 Å². The Morgan fingerprint density at radius 1 is 1.27 bits per heavy atom. The maximum absolute atomic E-state index is 11.9. The van der Waals surface area contributed by atoms with E-state index in [1.165, 1.54) is 0 Å². The number of ether oxygens (including phenoxy) is 1. The van der Waals surface area contributed by atoms with E-state index in [2.05, 4.69) is 40.4 Å². The first kappa shape index (κ1) is 20.2. The highest BCUT2D eigenvalue weighted by molar-refractivity contribution is 9.10. The van der Waals surface area contributed by atoms with Crippen molar-refractivity contribution in [3.63, 3.8) is 0 Å². The molecule has 1 amide bonds. The molecule has 1 atom stereocenters. The summed E-state index contributed by atoms with van der Waals surface area (Å²) in [6.07, 6.45) is 0.985. The topological polar surface area (TPSA) is 70.6 Å². The van der Waals surface area contributed by atoms with E-state index in [0.717, 1.165) is 16.5 Å². The van der Waals surface area contributed by atoms with Gasteiger partial charge < -0.3 is 15.2 Å². The molecular formula is C19H21BrN2O3S. The van der Waals surface area contributed by atoms with Crippen LogP contribution in [0.15, 0.2) is 46.9 Å². The van der Waals surface area contributed by atoms with E-state index in [1.54, 1.807) is 24.3 Å². The molecule has 0 saturated carbocycles. The predicted molar refractivity (Wildman–Crippen MR) is 111 cm³/mol. The van der Waals surface area contributed by atoms with Crippen molar-refractivity contribution in [1.82, 2.24) is 5.32 Å². The van der Waals surface area contributed by atoms with Gasteiger partial charge in [0.1, 0.15) is 11.5 Å². The van der Waals surface area contributed by atoms with Gasteiger partial charge in [-0.1, -0.05) is 35.8 Å². The normalized spacial score (nSPS) is 11.5. The molecule has 26 heavy (non-hydrogen) atoms. The van der Waals surface area contributed by atoms with Crippen molar-refractivity contribution in [2.24, 2.45) is 0 Å². The van der Waals surface area contributed by atoms with Crippen LogP contribution in [0, 0.1) is 0 Å². The highest BCUT2D eigenvalue weighted by atomic mass is 79.9. The minimum absolute atomic E-state index is 0.0884. The first-order valence-corrected chi connectivity index (χ1v) is 9.41. The number of phenols is 1. The van der Waals surface area contributed by atoms with Crippen molar-refractivity contribution in [2.75, 3.05) is 11.9 Å². The number of hydrogen-bond acceptors (Lipinski definition) is 4. The highest BCUT2D eigenvalue weighted by Crippen LogP contribution is 2.29. The summed E-state index contributed by atoms with van der Waals surface area (Å²) in [4.78, 5) is 11.9. The van der Waals surface area contributed by atoms with Crippen LogP contribution in [0.25, 0.3) is 0 Å². The van der Waals surface area contributed by atoms with Crippen LogP contribution >= 0.6 is 28.1 Å². The molecule has 0 unspecified atom stereocenters. The third-order valence-corrected chi connectivity index (χ3v) is 4.62. The first-order chi connectivity index (χ1) is 12.4. The van der Waals surface area contributed by atoms with Gasteiger partial charge in [-0.25, -0.2) is 0 Å². The Bertz CT molecular complexity index is 781. The van der Waals surface area contributed by atoms with Crippen molar-refractivity contribution in [2.45, 2.75) is 26.2 Å². The largest absolute Gasteiger partial charge is 0.506 e. The quantitative estimate of drug-likeness (QED) is 0.457. The summed E-state index contributed by atoms with van der Waals surface area (Å²) in [5.74, 6) is 0.643. The molecule has 0 aliphatic heterocycles. The van der Waals surface area contributed by atoms with Gasteiger partial charge in [-0.15, -0.1) is 0 Å². The number of aromatic hydroxyl groups is 1. The smallest absolute Gasteiger partial charge is 0.264 e. The molecule has 138 valence electrons. The van der Waals surface area contributed by atoms with Gasteiger partial charge in [-0.3, -0.25) is 10.1 Å². The molecule has 2 rings (SSSR count). The number of amides is 1. The van der Waals surface area contributed by atoms with Gasteiger partial charge >= 0.3 is 0 Å². The van der Waals surface area contributed by atoms with Gasteiger partial charge in [0.05, 0.1) is 5.69 Å². The second-order valence-corrected chi connectivity index (χ2v) is 7.15. The van der Waals surface area contributed by atoms with Crippen molar-refractivity contribution in [3.05, 3.63) is 52.5 Å². The molecule has 0 aliphatic rings. The second-order valence-electron chi connectivity index (χ2n) is 5.83. The number of nitrogens with one attached hydrogen (secondary N) is 2. The Kier molecular flexibility index (Phi) is 7.41. The van der Waals surface area contributed by atoms with Crippen LogP contribution < -0.4 is 15.4 Å². The fraction of sp³-hybridized carbons (Fsp3) is 0.263. The van der Waals surface area contributed by atoms with Gasteiger partial charge in [0.2, 0.25) is 0 Å². The highest BCUT2D eigenvalue weighted by Gasteiger charge is 2.10. The van der Waals surface area contributed by atoms with Crippen LogP contribution in [-0.2, 0) is 4.79 Å². The number of hydrogen-bond donors (Lipinski definition) is 3. The lowest BCUT2D eigenvalue weighted by molar-refractivity contribution is -0.121. The number of carbonyl (C=O) groups is 1. The zero-order chi connectivity index (χ0) is 19.1. The monoisotopic (exact) mass is 436 g/mol. The zero-order valence-electron chi connectivity index (χ0n) is 14.6. The second kappa shape index (κ2) is 9.54. The van der Waals surface area contributed by atoms with Crippen molar-refractivity contribution >= 4 is 44.9 Å². The van der Waals surface area contributed by atoms with Crippen molar-refractivity contribution in [1.29, 1.82) is 0 Å². The first-order valence-electron chi connectivity index (χ1n) is 8.21. The number of halogens is 1. The summed E-state index contributed by atoms with van der Waals surface area (Å²) in [5, 5.41) is 15.6. The van der Waals surface area contributed by atoms with Crippen molar-refractivity contribution in [3.8, 4) is 11.5 Å². The standard InChI is InChI=1S/C19H21BrN2O3S/c1-3-12(2)13-4-9-16(17(23)10-13)21-19(26)22-18(24)11-25-15-7-5-14(20)6-8-15/h4-10,12,23H,3,11H2,1-2H3,(H2,21,22,24,26)/t12-/m0/s1. The zero-order valence-corrected chi connectivity index (χ0v) is 17.0. The minimum Gasteiger partial charge on any atom is -0.506 e. The van der Waals surface area contributed by atoms with Gasteiger partial charge in [0.15, 0.2) is 11.7 Å². The molecule has 5 nitrogen and oxygen atoms in total. The van der Waals surface area contributed by atoms with Crippen LogP contribution in [0.4, 0.5) is 5.69 Å². The van der Waals surface area contributed by atoms with Gasteiger partial charge in [-0.05, 0) is 66.5 Å². The molecule has 3 N–H and O–H groups in total. The summed E-state index contributed by atoms with van der Waals surface area (Å²) < 4.78 is 6.31. The number of thiocarbonyl (C=S) groups is 1. The fourth-order valence-electron chi connectivity index (χ4n) is 2.19. The Morgan fingerprint density at radius 3 is 2.58 bits per heavy atom. The Hall–Kier alpha value is -2.12. The molecule has 0 bridgehead atoms. The molecule has 0 spiro atoms. The summed E-state index contributed by atoms with van der Waals surface area (Å²) in [7, 11) is 0. The maximum atomic E-state index is 11.9. The van der Waals surface area contributed by atoms with Gasteiger partial charge in [-0.2, -0.15) is 0 Å². The number of benzene rings is 2. The van der Waals surface area contributed by atoms with Crippen LogP contribution in [0.2, 0.25) is 0 Å². The third-order valence-electron chi connectivity index (χ3n) is 3.89. The predicted octanol–water partition coefficient (Wildman–Crippen LogP) is 4.56. The van der Waals surface area contributed by atoms with Crippen LogP contribution in [0.5, 0.6) is 11.5 Å². The van der Waals surface area contributed by atoms with E-state index in [0.29, 0.717) is 17.4 Å². The van der Waals surface area contributed by atoms with E-state index in [-0.39, 0.29) is 23.4 Å². The molecule has 0 fully saturated rings. The van der Waals surface area contributed by atoms with E-state index in [4.69, 9.17) is 17.0 Å². The van der Waals surface area contributed by atoms with Crippen LogP contribution in [-0.4, -0.2) is 22.7 Å². The number of anilines is 1. The maximum Gasteiger partial charge on any atom is 0.264 e. The summed E-state index contributed by atoms with van der Waals surface area (Å²) in [6.45, 7) is 4.02. The third kappa shape index (κ3) is 6.00.